The summed E-state index contributed by atoms with van der Waals surface area (Å²) in [7, 11) is 0. The molecule has 0 radical (unpaired) electrons. The van der Waals surface area contributed by atoms with Gasteiger partial charge in [-0.15, -0.1) is 0 Å². The Morgan fingerprint density at radius 1 is 1.23 bits per heavy atom. The molecular weight excluding hydrogens is 164 g/mol. The van der Waals surface area contributed by atoms with Crippen molar-refractivity contribution in [3.8, 4) is 11.3 Å². The van der Waals surface area contributed by atoms with Crippen molar-refractivity contribution in [3.63, 3.8) is 0 Å². The zero-order chi connectivity index (χ0) is 9.26. The maximum Gasteiger partial charge on any atom is 0.133 e. The van der Waals surface area contributed by atoms with E-state index >= 15 is 0 Å². The summed E-state index contributed by atoms with van der Waals surface area (Å²) in [6, 6.07) is 5.89. The highest BCUT2D eigenvalue weighted by Gasteiger charge is 2.06. The van der Waals surface area contributed by atoms with Gasteiger partial charge in [0.1, 0.15) is 6.26 Å². The smallest absolute Gasteiger partial charge is 0.133 e. The number of hydrogen-bond donors (Lipinski definition) is 0. The zero-order valence-corrected chi connectivity index (χ0v) is 7.61. The van der Waals surface area contributed by atoms with Crippen LogP contribution in [0, 0.1) is 13.8 Å². The van der Waals surface area contributed by atoms with E-state index in [1.54, 1.807) is 6.26 Å². The molecule has 3 nitrogen and oxygen atoms in total. The van der Waals surface area contributed by atoms with Crippen molar-refractivity contribution in [1.29, 1.82) is 0 Å². The maximum absolute atomic E-state index is 4.85. The number of aromatic nitrogens is 2. The number of rotatable bonds is 1. The molecule has 0 saturated heterocycles. The van der Waals surface area contributed by atoms with Crippen molar-refractivity contribution in [1.82, 2.24) is 10.1 Å². The van der Waals surface area contributed by atoms with Gasteiger partial charge in [0.25, 0.3) is 0 Å². The van der Waals surface area contributed by atoms with Gasteiger partial charge in [-0.3, -0.25) is 4.98 Å². The van der Waals surface area contributed by atoms with Crippen molar-refractivity contribution >= 4 is 0 Å². The summed E-state index contributed by atoms with van der Waals surface area (Å²) in [5.74, 6) is 0. The minimum absolute atomic E-state index is 0.873. The predicted molar refractivity (Wildman–Crippen MR) is 49.2 cm³/mol. The first kappa shape index (κ1) is 7.98. The van der Waals surface area contributed by atoms with Crippen LogP contribution in [0.3, 0.4) is 0 Å². The van der Waals surface area contributed by atoms with Crippen molar-refractivity contribution in [2.24, 2.45) is 0 Å². The third kappa shape index (κ3) is 1.45. The van der Waals surface area contributed by atoms with Crippen LogP contribution in [-0.4, -0.2) is 10.1 Å². The normalized spacial score (nSPS) is 10.3. The Labute approximate surface area is 76.4 Å². The molecule has 2 rings (SSSR count). The number of aryl methyl sites for hydroxylation is 2. The largest absolute Gasteiger partial charge is 0.364 e. The summed E-state index contributed by atoms with van der Waals surface area (Å²) in [4.78, 5) is 4.38. The van der Waals surface area contributed by atoms with Gasteiger partial charge >= 0.3 is 0 Å². The lowest BCUT2D eigenvalue weighted by Crippen LogP contribution is -1.86. The molecular formula is C10H10N2O. The van der Waals surface area contributed by atoms with Gasteiger partial charge in [-0.25, -0.2) is 0 Å². The third-order valence-corrected chi connectivity index (χ3v) is 1.91. The second-order valence-corrected chi connectivity index (χ2v) is 2.98. The van der Waals surface area contributed by atoms with E-state index < -0.39 is 0 Å². The summed E-state index contributed by atoms with van der Waals surface area (Å²) in [6.45, 7) is 3.87. The molecule has 0 fully saturated rings. The minimum atomic E-state index is 0.873. The van der Waals surface area contributed by atoms with Gasteiger partial charge in [-0.05, 0) is 26.0 Å². The highest BCUT2D eigenvalue weighted by molar-refractivity contribution is 5.59. The van der Waals surface area contributed by atoms with E-state index in [1.807, 2.05) is 32.0 Å². The Hall–Kier alpha value is -1.64. The van der Waals surface area contributed by atoms with Gasteiger partial charge < -0.3 is 4.52 Å². The lowest BCUT2D eigenvalue weighted by atomic mass is 10.2. The minimum Gasteiger partial charge on any atom is -0.364 e. The fourth-order valence-corrected chi connectivity index (χ4v) is 1.23. The first-order chi connectivity index (χ1) is 6.27. The topological polar surface area (TPSA) is 38.9 Å². The van der Waals surface area contributed by atoms with Crippen LogP contribution in [0.25, 0.3) is 11.3 Å². The Morgan fingerprint density at radius 3 is 2.69 bits per heavy atom. The second kappa shape index (κ2) is 3.01. The number of pyridine rings is 1. The molecule has 2 aromatic rings. The van der Waals surface area contributed by atoms with E-state index in [2.05, 4.69) is 10.1 Å². The van der Waals surface area contributed by atoms with Crippen molar-refractivity contribution in [2.45, 2.75) is 13.8 Å². The van der Waals surface area contributed by atoms with Crippen LogP contribution < -0.4 is 0 Å². The van der Waals surface area contributed by atoms with Crippen LogP contribution in [-0.2, 0) is 0 Å². The first-order valence-corrected chi connectivity index (χ1v) is 4.12. The van der Waals surface area contributed by atoms with Gasteiger partial charge in [-0.1, -0.05) is 11.2 Å². The van der Waals surface area contributed by atoms with Gasteiger partial charge in [-0.2, -0.15) is 0 Å². The van der Waals surface area contributed by atoms with Crippen LogP contribution in [0.15, 0.2) is 29.0 Å². The Kier molecular flexibility index (Phi) is 1.85. The van der Waals surface area contributed by atoms with Gasteiger partial charge in [0.15, 0.2) is 0 Å². The Balaban J connectivity index is 2.53. The Bertz CT molecular complexity index is 420. The van der Waals surface area contributed by atoms with Crippen LogP contribution in [0.2, 0.25) is 0 Å². The van der Waals surface area contributed by atoms with Crippen LogP contribution in [0.4, 0.5) is 0 Å². The average Bonchev–Trinajstić information content (AvgIpc) is 2.51. The third-order valence-electron chi connectivity index (χ3n) is 1.91. The van der Waals surface area contributed by atoms with Crippen molar-refractivity contribution in [3.05, 3.63) is 35.9 Å². The fourth-order valence-electron chi connectivity index (χ4n) is 1.23. The highest BCUT2D eigenvalue weighted by atomic mass is 16.5. The molecule has 2 aromatic heterocycles. The molecule has 0 aliphatic carbocycles. The molecule has 0 aliphatic heterocycles. The fraction of sp³-hybridized carbons (Fsp3) is 0.200. The van der Waals surface area contributed by atoms with Gasteiger partial charge in [0.05, 0.1) is 17.0 Å². The molecule has 0 N–H and O–H groups in total. The SMILES string of the molecule is Cc1cccc(-c2conc2C)n1. The lowest BCUT2D eigenvalue weighted by molar-refractivity contribution is 0.415. The zero-order valence-electron chi connectivity index (χ0n) is 7.61. The molecule has 2 heterocycles. The molecule has 0 bridgehead atoms. The quantitative estimate of drug-likeness (QED) is 0.666. The number of hydrogen-bond acceptors (Lipinski definition) is 3. The van der Waals surface area contributed by atoms with Gasteiger partial charge in [0.2, 0.25) is 0 Å². The molecule has 0 aromatic carbocycles. The Morgan fingerprint density at radius 2 is 2.08 bits per heavy atom. The summed E-state index contributed by atoms with van der Waals surface area (Å²) >= 11 is 0. The molecule has 66 valence electrons. The van der Waals surface area contributed by atoms with Crippen LogP contribution in [0.5, 0.6) is 0 Å². The lowest BCUT2D eigenvalue weighted by Gasteiger charge is -1.97. The van der Waals surface area contributed by atoms with E-state index in [9.17, 15) is 0 Å². The van der Waals surface area contributed by atoms with E-state index in [1.165, 1.54) is 0 Å². The van der Waals surface area contributed by atoms with E-state index in [0.29, 0.717) is 0 Å². The van der Waals surface area contributed by atoms with Crippen LogP contribution in [0.1, 0.15) is 11.4 Å². The van der Waals surface area contributed by atoms with E-state index in [0.717, 1.165) is 22.6 Å². The standard InChI is InChI=1S/C10H10N2O/c1-7-4-3-5-10(11-7)9-6-13-12-8(9)2/h3-6H,1-2H3. The molecule has 3 heteroatoms. The molecule has 0 unspecified atom stereocenters. The van der Waals surface area contributed by atoms with E-state index in [4.69, 9.17) is 4.52 Å². The van der Waals surface area contributed by atoms with Crippen LogP contribution >= 0.6 is 0 Å². The molecule has 13 heavy (non-hydrogen) atoms. The van der Waals surface area contributed by atoms with Crippen molar-refractivity contribution in [2.75, 3.05) is 0 Å². The summed E-state index contributed by atoms with van der Waals surface area (Å²) in [6.07, 6.45) is 1.62. The molecule has 0 aliphatic rings. The maximum atomic E-state index is 4.85. The van der Waals surface area contributed by atoms with Crippen molar-refractivity contribution < 1.29 is 4.52 Å². The number of nitrogens with zero attached hydrogens (tertiary/aromatic N) is 2. The molecule has 0 amide bonds. The monoisotopic (exact) mass is 174 g/mol. The average molecular weight is 174 g/mol. The van der Waals surface area contributed by atoms with Gasteiger partial charge in [0, 0.05) is 5.69 Å². The summed E-state index contributed by atoms with van der Waals surface area (Å²) in [5.41, 5.74) is 3.75. The first-order valence-electron chi connectivity index (χ1n) is 4.12. The van der Waals surface area contributed by atoms with E-state index in [-0.39, 0.29) is 0 Å². The molecule has 0 saturated carbocycles. The highest BCUT2D eigenvalue weighted by Crippen LogP contribution is 2.19. The molecule has 0 atom stereocenters. The summed E-state index contributed by atoms with van der Waals surface area (Å²) in [5, 5.41) is 3.81. The second-order valence-electron chi connectivity index (χ2n) is 2.98. The summed E-state index contributed by atoms with van der Waals surface area (Å²) < 4.78 is 4.85. The predicted octanol–water partition coefficient (Wildman–Crippen LogP) is 2.35. The molecule has 0 spiro atoms.